The quantitative estimate of drug-likeness (QED) is 0.823. The smallest absolute Gasteiger partial charge is 0.203 e. The second-order valence-corrected chi connectivity index (χ2v) is 5.10. The monoisotopic (exact) mass is 275 g/mol. The van der Waals surface area contributed by atoms with E-state index in [4.69, 9.17) is 0 Å². The Kier molecular flexibility index (Phi) is 4.27. The molecule has 0 heterocycles. The molecule has 2 N–H and O–H groups in total. The first-order valence-electron chi connectivity index (χ1n) is 7.26. The zero-order chi connectivity index (χ0) is 14.3. The van der Waals surface area contributed by atoms with Crippen LogP contribution < -0.4 is 10.3 Å². The van der Waals surface area contributed by atoms with E-state index in [-0.39, 0.29) is 0 Å². The minimum absolute atomic E-state index is 1.09. The van der Waals surface area contributed by atoms with Crippen molar-refractivity contribution in [2.45, 2.75) is 12.8 Å². The van der Waals surface area contributed by atoms with E-state index >= 15 is 0 Å². The maximum Gasteiger partial charge on any atom is 0.203 e. The van der Waals surface area contributed by atoms with E-state index < -0.39 is 0 Å². The van der Waals surface area contributed by atoms with E-state index in [0.29, 0.717) is 0 Å². The number of hydrogen-bond donors (Lipinski definition) is 2. The number of allylic oxidation sites excluding steroid dienone is 3. The summed E-state index contributed by atoms with van der Waals surface area (Å²) in [6.07, 6.45) is 8.60. The summed E-state index contributed by atoms with van der Waals surface area (Å²) in [6, 6.07) is 20.5. The van der Waals surface area contributed by atoms with Gasteiger partial charge in [0.1, 0.15) is 0 Å². The molecule has 1 aliphatic carbocycles. The molecule has 0 aromatic heterocycles. The van der Waals surface area contributed by atoms with Crippen molar-refractivity contribution in [2.75, 3.05) is 5.32 Å². The van der Waals surface area contributed by atoms with Crippen molar-refractivity contribution in [2.24, 2.45) is 0 Å². The Labute approximate surface area is 125 Å². The van der Waals surface area contributed by atoms with Gasteiger partial charge in [0, 0.05) is 29.6 Å². The van der Waals surface area contributed by atoms with Crippen LogP contribution in [-0.4, -0.2) is 6.21 Å². The van der Waals surface area contributed by atoms with Gasteiger partial charge in [-0.15, -0.1) is 0 Å². The Bertz CT molecular complexity index is 667. The summed E-state index contributed by atoms with van der Waals surface area (Å²) < 4.78 is 0. The minimum atomic E-state index is 1.09. The molecule has 2 heteroatoms. The molecule has 0 fully saturated rings. The number of anilines is 1. The lowest BCUT2D eigenvalue weighted by Gasteiger charge is -2.00. The zero-order valence-corrected chi connectivity index (χ0v) is 11.9. The second kappa shape index (κ2) is 6.71. The molecular formula is C19H19N2+. The third-order valence-electron chi connectivity index (χ3n) is 3.47. The Morgan fingerprint density at radius 1 is 0.857 bits per heavy atom. The lowest BCUT2D eigenvalue weighted by molar-refractivity contribution is -0.347. The van der Waals surface area contributed by atoms with Crippen molar-refractivity contribution in [3.63, 3.8) is 0 Å². The van der Waals surface area contributed by atoms with Crippen LogP contribution in [0.15, 0.2) is 84.1 Å². The Morgan fingerprint density at radius 2 is 1.57 bits per heavy atom. The van der Waals surface area contributed by atoms with Gasteiger partial charge in [-0.3, -0.25) is 0 Å². The predicted molar refractivity (Wildman–Crippen MR) is 88.6 cm³/mol. The molecule has 2 aromatic carbocycles. The highest BCUT2D eigenvalue weighted by Crippen LogP contribution is 2.21. The van der Waals surface area contributed by atoms with E-state index in [0.717, 1.165) is 24.2 Å². The summed E-state index contributed by atoms with van der Waals surface area (Å²) in [7, 11) is 0. The van der Waals surface area contributed by atoms with Crippen LogP contribution in [0.2, 0.25) is 0 Å². The number of para-hydroxylation sites is 2. The van der Waals surface area contributed by atoms with Crippen LogP contribution in [0.25, 0.3) is 0 Å². The highest BCUT2D eigenvalue weighted by atomic mass is 14.8. The molecule has 0 spiro atoms. The molecule has 104 valence electrons. The molecule has 0 atom stereocenters. The van der Waals surface area contributed by atoms with Crippen LogP contribution in [0.3, 0.4) is 0 Å². The molecule has 0 bridgehead atoms. The number of nitrogens with one attached hydrogen (secondary N) is 2. The predicted octanol–water partition coefficient (Wildman–Crippen LogP) is 3.19. The molecule has 21 heavy (non-hydrogen) atoms. The maximum atomic E-state index is 3.34. The van der Waals surface area contributed by atoms with Crippen LogP contribution in [0.5, 0.6) is 0 Å². The topological polar surface area (TPSA) is 26.0 Å². The fourth-order valence-corrected chi connectivity index (χ4v) is 2.32. The molecule has 2 aromatic rings. The van der Waals surface area contributed by atoms with Crippen molar-refractivity contribution < 1.29 is 4.99 Å². The van der Waals surface area contributed by atoms with Crippen molar-refractivity contribution in [1.29, 1.82) is 0 Å². The van der Waals surface area contributed by atoms with Gasteiger partial charge >= 0.3 is 0 Å². The van der Waals surface area contributed by atoms with Gasteiger partial charge < -0.3 is 5.32 Å². The van der Waals surface area contributed by atoms with E-state index in [1.54, 1.807) is 0 Å². The van der Waals surface area contributed by atoms with Gasteiger partial charge in [0.25, 0.3) is 0 Å². The van der Waals surface area contributed by atoms with Crippen molar-refractivity contribution in [3.8, 4) is 0 Å². The van der Waals surface area contributed by atoms with Crippen LogP contribution in [-0.2, 0) is 0 Å². The SMILES string of the molecule is C(=[NH+]c1ccccc1)C1=C/C(=C/Nc2ccccc2)CC1. The maximum absolute atomic E-state index is 3.34. The van der Waals surface area contributed by atoms with Crippen molar-refractivity contribution in [3.05, 3.63) is 84.1 Å². The fraction of sp³-hybridized carbons (Fsp3) is 0.105. The number of hydrogen-bond acceptors (Lipinski definition) is 1. The molecule has 2 nitrogen and oxygen atoms in total. The Hall–Kier alpha value is -2.61. The average molecular weight is 275 g/mol. The first kappa shape index (κ1) is 13.4. The highest BCUT2D eigenvalue weighted by molar-refractivity contribution is 5.77. The Morgan fingerprint density at radius 3 is 2.33 bits per heavy atom. The largest absolute Gasteiger partial charge is 0.361 e. The summed E-state index contributed by atoms with van der Waals surface area (Å²) in [5.41, 5.74) is 4.91. The Balaban J connectivity index is 1.63. The minimum Gasteiger partial charge on any atom is -0.361 e. The average Bonchev–Trinajstić information content (AvgIpc) is 3.01. The molecule has 0 saturated heterocycles. The summed E-state index contributed by atoms with van der Waals surface area (Å²) in [5, 5.41) is 3.34. The molecule has 0 unspecified atom stereocenters. The lowest BCUT2D eigenvalue weighted by Crippen LogP contribution is -2.61. The molecule has 3 rings (SSSR count). The number of benzene rings is 2. The molecule has 0 radical (unpaired) electrons. The van der Waals surface area contributed by atoms with Crippen LogP contribution in [0, 0.1) is 0 Å². The molecule has 0 amide bonds. The zero-order valence-electron chi connectivity index (χ0n) is 11.9. The third-order valence-corrected chi connectivity index (χ3v) is 3.47. The van der Waals surface area contributed by atoms with Crippen molar-refractivity contribution >= 4 is 17.6 Å². The lowest BCUT2D eigenvalue weighted by atomic mass is 10.2. The number of rotatable bonds is 4. The molecule has 0 saturated carbocycles. The summed E-state index contributed by atoms with van der Waals surface area (Å²) in [4.78, 5) is 3.34. The van der Waals surface area contributed by atoms with Gasteiger partial charge in [-0.2, -0.15) is 0 Å². The van der Waals surface area contributed by atoms with Crippen molar-refractivity contribution in [1.82, 2.24) is 0 Å². The first-order valence-corrected chi connectivity index (χ1v) is 7.26. The van der Waals surface area contributed by atoms with E-state index in [1.807, 2.05) is 36.4 Å². The third kappa shape index (κ3) is 3.93. The molecular weight excluding hydrogens is 256 g/mol. The second-order valence-electron chi connectivity index (χ2n) is 5.10. The first-order chi connectivity index (χ1) is 10.4. The normalized spacial score (nSPS) is 16.4. The standard InChI is InChI=1S/C19H18N2/c1-3-7-18(8-4-1)20-14-16-11-12-17(13-16)15-21-19-9-5-2-6-10-19/h1-10,13-15,20H,11-12H2/p+1/b16-14+,21-15?. The summed E-state index contributed by atoms with van der Waals surface area (Å²) in [5.74, 6) is 0. The fourth-order valence-electron chi connectivity index (χ4n) is 2.32. The van der Waals surface area contributed by atoms with E-state index in [2.05, 4.69) is 53.1 Å². The van der Waals surface area contributed by atoms with Crippen LogP contribution in [0.1, 0.15) is 12.8 Å². The van der Waals surface area contributed by atoms with Crippen LogP contribution >= 0.6 is 0 Å². The van der Waals surface area contributed by atoms with Gasteiger partial charge in [0.05, 0.1) is 0 Å². The summed E-state index contributed by atoms with van der Waals surface area (Å²) in [6.45, 7) is 0. The summed E-state index contributed by atoms with van der Waals surface area (Å²) >= 11 is 0. The van der Waals surface area contributed by atoms with Gasteiger partial charge in [-0.25, -0.2) is 4.99 Å². The van der Waals surface area contributed by atoms with Gasteiger partial charge in [-0.1, -0.05) is 36.4 Å². The molecule has 0 aliphatic heterocycles. The van der Waals surface area contributed by atoms with E-state index in [9.17, 15) is 0 Å². The van der Waals surface area contributed by atoms with Gasteiger partial charge in [-0.05, 0) is 36.6 Å². The van der Waals surface area contributed by atoms with Gasteiger partial charge in [0.15, 0.2) is 6.21 Å². The highest BCUT2D eigenvalue weighted by Gasteiger charge is 2.09. The molecule has 1 aliphatic rings. The van der Waals surface area contributed by atoms with Gasteiger partial charge in [0.2, 0.25) is 5.69 Å². The van der Waals surface area contributed by atoms with Crippen LogP contribution in [0.4, 0.5) is 11.4 Å². The van der Waals surface area contributed by atoms with E-state index in [1.165, 1.54) is 11.1 Å².